The SMILES string of the molecule is O=C(NCCCN1CCOCC1)c1csc(-c2nccs2)n1. The van der Waals surface area contributed by atoms with Gasteiger partial charge in [0.15, 0.2) is 10.0 Å². The summed E-state index contributed by atoms with van der Waals surface area (Å²) in [7, 11) is 0. The van der Waals surface area contributed by atoms with Gasteiger partial charge in [-0.3, -0.25) is 9.69 Å². The molecule has 2 aromatic heterocycles. The molecule has 0 unspecified atom stereocenters. The van der Waals surface area contributed by atoms with E-state index in [9.17, 15) is 4.79 Å². The highest BCUT2D eigenvalue weighted by molar-refractivity contribution is 7.19. The maximum Gasteiger partial charge on any atom is 0.270 e. The molecule has 1 fully saturated rings. The van der Waals surface area contributed by atoms with Crippen molar-refractivity contribution in [1.29, 1.82) is 0 Å². The molecule has 1 aliphatic heterocycles. The van der Waals surface area contributed by atoms with Gasteiger partial charge < -0.3 is 10.1 Å². The van der Waals surface area contributed by atoms with Crippen molar-refractivity contribution in [3.05, 3.63) is 22.7 Å². The van der Waals surface area contributed by atoms with Gasteiger partial charge in [0.2, 0.25) is 0 Å². The Morgan fingerprint density at radius 3 is 2.95 bits per heavy atom. The largest absolute Gasteiger partial charge is 0.379 e. The number of aromatic nitrogens is 2. The Kier molecular flexibility index (Phi) is 5.49. The minimum atomic E-state index is -0.110. The van der Waals surface area contributed by atoms with Crippen LogP contribution in [-0.4, -0.2) is 60.2 Å². The summed E-state index contributed by atoms with van der Waals surface area (Å²) in [5.74, 6) is -0.110. The Morgan fingerprint density at radius 1 is 1.32 bits per heavy atom. The lowest BCUT2D eigenvalue weighted by Crippen LogP contribution is -2.38. The summed E-state index contributed by atoms with van der Waals surface area (Å²) in [6, 6.07) is 0. The Morgan fingerprint density at radius 2 is 2.18 bits per heavy atom. The molecule has 1 aliphatic rings. The van der Waals surface area contributed by atoms with Crippen LogP contribution in [0.25, 0.3) is 10.0 Å². The first-order chi connectivity index (χ1) is 10.8. The number of carbonyl (C=O) groups excluding carboxylic acids is 1. The monoisotopic (exact) mass is 338 g/mol. The van der Waals surface area contributed by atoms with E-state index in [1.54, 1.807) is 11.6 Å². The number of rotatable bonds is 6. The van der Waals surface area contributed by atoms with Crippen LogP contribution in [0.1, 0.15) is 16.9 Å². The molecule has 1 saturated heterocycles. The fraction of sp³-hybridized carbons (Fsp3) is 0.500. The third-order valence-corrected chi connectivity index (χ3v) is 5.15. The standard InChI is InChI=1S/C14H18N4O2S2/c19-12(15-2-1-4-18-5-7-20-8-6-18)11-10-22-14(17-11)13-16-3-9-21-13/h3,9-10H,1-2,4-8H2,(H,15,19). The van der Waals surface area contributed by atoms with Gasteiger partial charge in [-0.15, -0.1) is 22.7 Å². The Balaban J connectivity index is 1.42. The van der Waals surface area contributed by atoms with E-state index in [4.69, 9.17) is 4.74 Å². The summed E-state index contributed by atoms with van der Waals surface area (Å²) in [4.78, 5) is 23.0. The highest BCUT2D eigenvalue weighted by Crippen LogP contribution is 2.25. The summed E-state index contributed by atoms with van der Waals surface area (Å²) in [5, 5.41) is 8.28. The van der Waals surface area contributed by atoms with E-state index in [1.807, 2.05) is 5.38 Å². The van der Waals surface area contributed by atoms with Crippen LogP contribution in [0, 0.1) is 0 Å². The van der Waals surface area contributed by atoms with Crippen molar-refractivity contribution in [2.24, 2.45) is 0 Å². The normalized spacial score (nSPS) is 15.8. The van der Waals surface area contributed by atoms with Gasteiger partial charge in [0.05, 0.1) is 13.2 Å². The molecule has 8 heteroatoms. The van der Waals surface area contributed by atoms with E-state index >= 15 is 0 Å². The van der Waals surface area contributed by atoms with Crippen LogP contribution >= 0.6 is 22.7 Å². The molecule has 0 aliphatic carbocycles. The molecule has 0 bridgehead atoms. The predicted octanol–water partition coefficient (Wildman–Crippen LogP) is 1.72. The number of amides is 1. The van der Waals surface area contributed by atoms with Crippen LogP contribution in [0.15, 0.2) is 17.0 Å². The highest BCUT2D eigenvalue weighted by Gasteiger charge is 2.13. The third kappa shape index (κ3) is 4.10. The first-order valence-electron chi connectivity index (χ1n) is 7.26. The average Bonchev–Trinajstić information content (AvgIpc) is 3.22. The van der Waals surface area contributed by atoms with E-state index in [0.29, 0.717) is 12.2 Å². The van der Waals surface area contributed by atoms with E-state index < -0.39 is 0 Å². The average molecular weight is 338 g/mol. The number of hydrogen-bond donors (Lipinski definition) is 1. The Bertz CT molecular complexity index is 594. The van der Waals surface area contributed by atoms with Crippen molar-refractivity contribution in [1.82, 2.24) is 20.2 Å². The van der Waals surface area contributed by atoms with Crippen LogP contribution in [0.2, 0.25) is 0 Å². The number of carbonyl (C=O) groups is 1. The van der Waals surface area contributed by atoms with Crippen molar-refractivity contribution in [2.75, 3.05) is 39.4 Å². The molecule has 22 heavy (non-hydrogen) atoms. The van der Waals surface area contributed by atoms with E-state index in [-0.39, 0.29) is 5.91 Å². The Hall–Kier alpha value is -1.35. The molecule has 0 saturated carbocycles. The van der Waals surface area contributed by atoms with Crippen molar-refractivity contribution < 1.29 is 9.53 Å². The zero-order valence-electron chi connectivity index (χ0n) is 12.2. The summed E-state index contributed by atoms with van der Waals surface area (Å²) in [5.41, 5.74) is 0.474. The zero-order valence-corrected chi connectivity index (χ0v) is 13.8. The lowest BCUT2D eigenvalue weighted by atomic mass is 10.3. The summed E-state index contributed by atoms with van der Waals surface area (Å²) >= 11 is 2.98. The maximum atomic E-state index is 12.1. The minimum Gasteiger partial charge on any atom is -0.379 e. The lowest BCUT2D eigenvalue weighted by Gasteiger charge is -2.26. The van der Waals surface area contributed by atoms with Gasteiger partial charge in [-0.2, -0.15) is 0 Å². The fourth-order valence-electron chi connectivity index (χ4n) is 2.23. The zero-order chi connectivity index (χ0) is 15.2. The van der Waals surface area contributed by atoms with Crippen molar-refractivity contribution in [3.63, 3.8) is 0 Å². The molecule has 1 amide bonds. The predicted molar refractivity (Wildman–Crippen MR) is 87.4 cm³/mol. The third-order valence-electron chi connectivity index (χ3n) is 3.39. The first-order valence-corrected chi connectivity index (χ1v) is 9.02. The maximum absolute atomic E-state index is 12.1. The van der Waals surface area contributed by atoms with Gasteiger partial charge in [0.25, 0.3) is 5.91 Å². The second kappa shape index (κ2) is 7.77. The summed E-state index contributed by atoms with van der Waals surface area (Å²) in [6.45, 7) is 5.25. The fourth-order valence-corrected chi connectivity index (χ4v) is 3.72. The number of thiazole rings is 2. The molecule has 3 heterocycles. The second-order valence-electron chi connectivity index (χ2n) is 4.94. The van der Waals surface area contributed by atoms with Crippen LogP contribution in [0.3, 0.4) is 0 Å². The van der Waals surface area contributed by atoms with E-state index in [1.165, 1.54) is 22.7 Å². The molecule has 6 nitrogen and oxygen atoms in total. The quantitative estimate of drug-likeness (QED) is 0.812. The summed E-state index contributed by atoms with van der Waals surface area (Å²) < 4.78 is 5.31. The minimum absolute atomic E-state index is 0.110. The van der Waals surface area contributed by atoms with Crippen molar-refractivity contribution >= 4 is 28.6 Å². The van der Waals surface area contributed by atoms with Gasteiger partial charge in [0, 0.05) is 36.6 Å². The van der Waals surface area contributed by atoms with Crippen LogP contribution in [-0.2, 0) is 4.74 Å². The lowest BCUT2D eigenvalue weighted by molar-refractivity contribution is 0.0374. The number of nitrogens with one attached hydrogen (secondary N) is 1. The number of hydrogen-bond acceptors (Lipinski definition) is 7. The topological polar surface area (TPSA) is 67.4 Å². The van der Waals surface area contributed by atoms with Crippen molar-refractivity contribution in [2.45, 2.75) is 6.42 Å². The molecule has 2 aromatic rings. The molecule has 0 aromatic carbocycles. The van der Waals surface area contributed by atoms with Gasteiger partial charge >= 0.3 is 0 Å². The highest BCUT2D eigenvalue weighted by atomic mass is 32.1. The molecule has 0 atom stereocenters. The number of ether oxygens (including phenoxy) is 1. The van der Waals surface area contributed by atoms with E-state index in [0.717, 1.165) is 49.3 Å². The molecule has 3 rings (SSSR count). The first kappa shape index (κ1) is 15.5. The van der Waals surface area contributed by atoms with Crippen LogP contribution in [0.4, 0.5) is 0 Å². The molecular formula is C14H18N4O2S2. The van der Waals surface area contributed by atoms with Gasteiger partial charge in [-0.25, -0.2) is 9.97 Å². The van der Waals surface area contributed by atoms with Crippen LogP contribution < -0.4 is 5.32 Å². The van der Waals surface area contributed by atoms with Gasteiger partial charge in [-0.1, -0.05) is 0 Å². The van der Waals surface area contributed by atoms with Gasteiger partial charge in [0.1, 0.15) is 5.69 Å². The molecule has 1 N–H and O–H groups in total. The number of nitrogens with zero attached hydrogens (tertiary/aromatic N) is 3. The van der Waals surface area contributed by atoms with Crippen molar-refractivity contribution in [3.8, 4) is 10.0 Å². The Labute approximate surface area is 137 Å². The molecular weight excluding hydrogens is 320 g/mol. The smallest absolute Gasteiger partial charge is 0.270 e. The second-order valence-corrected chi connectivity index (χ2v) is 6.69. The molecule has 0 radical (unpaired) electrons. The molecule has 0 spiro atoms. The summed E-state index contributed by atoms with van der Waals surface area (Å²) in [6.07, 6.45) is 2.68. The number of morpholine rings is 1. The molecule has 118 valence electrons. The van der Waals surface area contributed by atoms with E-state index in [2.05, 4.69) is 20.2 Å². The van der Waals surface area contributed by atoms with Gasteiger partial charge in [-0.05, 0) is 13.0 Å². The van der Waals surface area contributed by atoms with Crippen LogP contribution in [0.5, 0.6) is 0 Å².